The molecule has 0 heterocycles. The molecular formula is C64H68N2. The number of benzene rings is 7. The molecule has 5 aliphatic carbocycles. The summed E-state index contributed by atoms with van der Waals surface area (Å²) in [6, 6.07) is 44.2. The summed E-state index contributed by atoms with van der Waals surface area (Å²) in [7, 11) is 0. The maximum atomic E-state index is 2.68. The molecule has 5 atom stereocenters. The number of nitrogens with zero attached hydrogens (tertiary/aromatic N) is 2. The highest BCUT2D eigenvalue weighted by Crippen LogP contribution is 2.50. The highest BCUT2D eigenvalue weighted by Gasteiger charge is 2.30. The van der Waals surface area contributed by atoms with Crippen LogP contribution in [0.4, 0.5) is 28.4 Å². The molecule has 0 spiro atoms. The van der Waals surface area contributed by atoms with Gasteiger partial charge in [-0.05, 0) is 241 Å². The van der Waals surface area contributed by atoms with E-state index in [-0.39, 0.29) is 0 Å². The van der Waals surface area contributed by atoms with Gasteiger partial charge in [0.1, 0.15) is 0 Å². The molecule has 1 fully saturated rings. The Morgan fingerprint density at radius 1 is 0.455 bits per heavy atom. The molecule has 0 N–H and O–H groups in total. The summed E-state index contributed by atoms with van der Waals surface area (Å²) in [6.45, 7) is 12.0. The molecular weight excluding hydrogens is 797 g/mol. The first-order chi connectivity index (χ1) is 32.2. The van der Waals surface area contributed by atoms with Gasteiger partial charge < -0.3 is 9.80 Å². The molecule has 66 heavy (non-hydrogen) atoms. The maximum Gasteiger partial charge on any atom is 0.0546 e. The average molecular weight is 865 g/mol. The second-order valence-electron chi connectivity index (χ2n) is 21.9. The number of rotatable bonds is 7. The number of hydrogen-bond donors (Lipinski definition) is 0. The monoisotopic (exact) mass is 865 g/mol. The van der Waals surface area contributed by atoms with Crippen molar-refractivity contribution >= 4 is 60.8 Å². The minimum absolute atomic E-state index is 0.673. The van der Waals surface area contributed by atoms with Gasteiger partial charge in [0.25, 0.3) is 0 Å². The predicted octanol–water partition coefficient (Wildman–Crippen LogP) is 17.3. The van der Waals surface area contributed by atoms with Gasteiger partial charge in [-0.15, -0.1) is 0 Å². The Hall–Kier alpha value is -5.60. The summed E-state index contributed by atoms with van der Waals surface area (Å²) in [5, 5.41) is 7.93. The molecule has 5 unspecified atom stereocenters. The third-order valence-electron chi connectivity index (χ3n) is 17.0. The molecule has 5 aliphatic rings. The van der Waals surface area contributed by atoms with Gasteiger partial charge in [-0.1, -0.05) is 101 Å². The first kappa shape index (κ1) is 41.8. The van der Waals surface area contributed by atoms with E-state index in [1.165, 1.54) is 163 Å². The molecule has 0 radical (unpaired) electrons. The molecule has 2 heteroatoms. The van der Waals surface area contributed by atoms with Gasteiger partial charge >= 0.3 is 0 Å². The molecule has 0 amide bonds. The maximum absolute atomic E-state index is 2.68. The van der Waals surface area contributed by atoms with Gasteiger partial charge in [-0.25, -0.2) is 0 Å². The molecule has 0 aromatic heterocycles. The third-order valence-corrected chi connectivity index (χ3v) is 17.0. The molecule has 7 aromatic carbocycles. The minimum Gasteiger partial charge on any atom is -0.310 e. The summed E-state index contributed by atoms with van der Waals surface area (Å²) in [5.41, 5.74) is 20.0. The van der Waals surface area contributed by atoms with Crippen LogP contribution < -0.4 is 9.80 Å². The zero-order chi connectivity index (χ0) is 44.6. The number of fused-ring (bicyclic) bond motifs is 9. The van der Waals surface area contributed by atoms with Crippen LogP contribution in [0.3, 0.4) is 0 Å². The first-order valence-corrected chi connectivity index (χ1v) is 26.0. The molecule has 0 saturated heterocycles. The van der Waals surface area contributed by atoms with E-state index in [0.717, 1.165) is 55.8 Å². The summed E-state index contributed by atoms with van der Waals surface area (Å²) in [6.07, 6.45) is 21.9. The van der Waals surface area contributed by atoms with Gasteiger partial charge in [-0.2, -0.15) is 0 Å². The number of aryl methyl sites for hydroxylation is 4. The van der Waals surface area contributed by atoms with Crippen molar-refractivity contribution in [1.29, 1.82) is 0 Å². The van der Waals surface area contributed by atoms with E-state index >= 15 is 0 Å². The zero-order valence-electron chi connectivity index (χ0n) is 40.2. The van der Waals surface area contributed by atoms with Crippen LogP contribution in [0.2, 0.25) is 0 Å². The van der Waals surface area contributed by atoms with E-state index in [9.17, 15) is 0 Å². The Morgan fingerprint density at radius 3 is 1.55 bits per heavy atom. The van der Waals surface area contributed by atoms with Crippen LogP contribution in [-0.2, 0) is 44.9 Å². The smallest absolute Gasteiger partial charge is 0.0546 e. The van der Waals surface area contributed by atoms with Crippen LogP contribution in [0.15, 0.2) is 133 Å². The summed E-state index contributed by atoms with van der Waals surface area (Å²) in [4.78, 5) is 5.30. The Morgan fingerprint density at radius 2 is 0.970 bits per heavy atom. The van der Waals surface area contributed by atoms with Crippen molar-refractivity contribution in [2.45, 2.75) is 125 Å². The fraction of sp³-hybridized carbons (Fsp3) is 0.375. The lowest BCUT2D eigenvalue weighted by Crippen LogP contribution is -2.23. The van der Waals surface area contributed by atoms with Crippen LogP contribution in [0.25, 0.3) is 32.3 Å². The Balaban J connectivity index is 1.10. The quantitative estimate of drug-likeness (QED) is 0.147. The molecule has 7 aromatic rings. The largest absolute Gasteiger partial charge is 0.310 e. The van der Waals surface area contributed by atoms with Gasteiger partial charge in [0.15, 0.2) is 0 Å². The Bertz CT molecular complexity index is 3040. The van der Waals surface area contributed by atoms with Crippen molar-refractivity contribution in [2.24, 2.45) is 29.6 Å². The lowest BCUT2D eigenvalue weighted by Gasteiger charge is -2.36. The van der Waals surface area contributed by atoms with Crippen molar-refractivity contribution in [3.63, 3.8) is 0 Å². The standard InChI is InChI=1S/C64H68N2/c1-6-44-15-28-58-61-38-63(65(53-24-20-45-29-40(2)11-16-49(45)34-53)54-25-21-46-30-41(3)12-17-50(46)35-54)59-10-8-7-9-57(59)60(61)39-64(62(58)33-44)66(55-26-22-47-31-42(4)13-18-51(47)36-55)56-27-23-48-32-43(5)14-19-52(48)37-56/h7-10,15,20-22,24-28,33-43,48H,6,11-14,16-19,23,29-32H2,1-5H3. The predicted molar refractivity (Wildman–Crippen MR) is 282 cm³/mol. The Labute approximate surface area is 394 Å². The van der Waals surface area contributed by atoms with Crippen molar-refractivity contribution in [2.75, 3.05) is 9.80 Å². The van der Waals surface area contributed by atoms with Crippen LogP contribution in [0.1, 0.15) is 119 Å². The van der Waals surface area contributed by atoms with Crippen molar-refractivity contribution in [3.05, 3.63) is 172 Å². The summed E-state index contributed by atoms with van der Waals surface area (Å²) < 4.78 is 0. The number of allylic oxidation sites excluding steroid dienone is 3. The van der Waals surface area contributed by atoms with Crippen LogP contribution in [0, 0.1) is 29.6 Å². The fourth-order valence-corrected chi connectivity index (χ4v) is 13.1. The summed E-state index contributed by atoms with van der Waals surface area (Å²) in [5.74, 6) is 3.70. The average Bonchev–Trinajstić information content (AvgIpc) is 3.34. The fourth-order valence-electron chi connectivity index (χ4n) is 13.1. The van der Waals surface area contributed by atoms with Crippen LogP contribution in [-0.4, -0.2) is 0 Å². The highest BCUT2D eigenvalue weighted by atomic mass is 15.2. The first-order valence-electron chi connectivity index (χ1n) is 26.0. The lowest BCUT2D eigenvalue weighted by atomic mass is 9.75. The molecule has 1 saturated carbocycles. The SMILES string of the molecule is CCc1ccc2c(c1)c(N(C1=CCC3CC(C)CCC3=C1)c1ccc3c(c1)CCC(C)C3)cc1c3ccccc3c(N(c3ccc4c(c3)CCC(C)C4)c3ccc4c(c3)CCC(C)C4)cc21. The molecule has 12 rings (SSSR count). The van der Waals surface area contributed by atoms with E-state index in [1.54, 1.807) is 5.57 Å². The number of hydrogen-bond acceptors (Lipinski definition) is 2. The Kier molecular flexibility index (Phi) is 10.7. The van der Waals surface area contributed by atoms with E-state index in [4.69, 9.17) is 0 Å². The van der Waals surface area contributed by atoms with E-state index in [2.05, 4.69) is 166 Å². The molecule has 0 bridgehead atoms. The zero-order valence-corrected chi connectivity index (χ0v) is 40.2. The lowest BCUT2D eigenvalue weighted by molar-refractivity contribution is 0.351. The van der Waals surface area contributed by atoms with Crippen LogP contribution >= 0.6 is 0 Å². The summed E-state index contributed by atoms with van der Waals surface area (Å²) >= 11 is 0. The topological polar surface area (TPSA) is 6.48 Å². The molecule has 0 aliphatic heterocycles. The second kappa shape index (κ2) is 16.9. The third kappa shape index (κ3) is 7.48. The van der Waals surface area contributed by atoms with E-state index in [1.807, 2.05) is 0 Å². The van der Waals surface area contributed by atoms with E-state index < -0.39 is 0 Å². The highest BCUT2D eigenvalue weighted by molar-refractivity contribution is 6.24. The molecule has 2 nitrogen and oxygen atoms in total. The van der Waals surface area contributed by atoms with Crippen molar-refractivity contribution in [3.8, 4) is 0 Å². The second-order valence-corrected chi connectivity index (χ2v) is 21.9. The normalized spacial score (nSPS) is 22.5. The van der Waals surface area contributed by atoms with Crippen LogP contribution in [0.5, 0.6) is 0 Å². The van der Waals surface area contributed by atoms with Gasteiger partial charge in [-0.3, -0.25) is 0 Å². The van der Waals surface area contributed by atoms with E-state index in [0.29, 0.717) is 5.92 Å². The molecule has 334 valence electrons. The number of anilines is 5. The van der Waals surface area contributed by atoms with Gasteiger partial charge in [0.05, 0.1) is 11.4 Å². The van der Waals surface area contributed by atoms with Crippen molar-refractivity contribution in [1.82, 2.24) is 0 Å². The van der Waals surface area contributed by atoms with Gasteiger partial charge in [0.2, 0.25) is 0 Å². The minimum atomic E-state index is 0.673. The van der Waals surface area contributed by atoms with Gasteiger partial charge in [0, 0.05) is 33.5 Å². The van der Waals surface area contributed by atoms with Crippen molar-refractivity contribution < 1.29 is 0 Å².